The van der Waals surface area contributed by atoms with E-state index < -0.39 is 0 Å². The molecule has 2 aromatic carbocycles. The van der Waals surface area contributed by atoms with Gasteiger partial charge in [0.15, 0.2) is 10.9 Å². The molecule has 0 fully saturated rings. The number of carbonyl (C=O) groups is 2. The first-order valence-electron chi connectivity index (χ1n) is 10.9. The van der Waals surface area contributed by atoms with Crippen molar-refractivity contribution in [3.63, 3.8) is 0 Å². The van der Waals surface area contributed by atoms with Crippen LogP contribution in [0.1, 0.15) is 30.1 Å². The lowest BCUT2D eigenvalue weighted by atomic mass is 10.2. The lowest BCUT2D eigenvalue weighted by molar-refractivity contribution is -0.113. The number of nitrogens with one attached hydrogen (secondary N) is 1. The van der Waals surface area contributed by atoms with Gasteiger partial charge >= 0.3 is 5.97 Å². The molecule has 174 valence electrons. The Kier molecular flexibility index (Phi) is 7.77. The number of thioether (sulfide) groups is 1. The zero-order valence-corrected chi connectivity index (χ0v) is 19.5. The molecule has 0 aliphatic carbocycles. The normalized spacial score (nSPS) is 10.7. The van der Waals surface area contributed by atoms with Crippen molar-refractivity contribution < 1.29 is 18.7 Å². The van der Waals surface area contributed by atoms with E-state index in [2.05, 4.69) is 15.5 Å². The van der Waals surface area contributed by atoms with Crippen LogP contribution in [0.25, 0.3) is 17.3 Å². The number of para-hydroxylation sites is 1. The van der Waals surface area contributed by atoms with Gasteiger partial charge in [0, 0.05) is 11.4 Å². The summed E-state index contributed by atoms with van der Waals surface area (Å²) in [7, 11) is 0. The number of ether oxygens (including phenoxy) is 1. The van der Waals surface area contributed by atoms with Gasteiger partial charge < -0.3 is 14.5 Å². The van der Waals surface area contributed by atoms with Gasteiger partial charge in [-0.15, -0.1) is 10.2 Å². The second-order valence-corrected chi connectivity index (χ2v) is 8.30. The molecule has 1 amide bonds. The molecule has 0 unspecified atom stereocenters. The summed E-state index contributed by atoms with van der Waals surface area (Å²) >= 11 is 1.27. The molecule has 0 aliphatic heterocycles. The molecule has 0 bridgehead atoms. The van der Waals surface area contributed by atoms with Gasteiger partial charge in [-0.2, -0.15) is 0 Å². The fourth-order valence-electron chi connectivity index (χ4n) is 3.15. The van der Waals surface area contributed by atoms with E-state index in [0.717, 1.165) is 18.5 Å². The van der Waals surface area contributed by atoms with Crippen LogP contribution in [0.4, 0.5) is 5.69 Å². The molecule has 0 atom stereocenters. The Morgan fingerprint density at radius 2 is 1.82 bits per heavy atom. The minimum atomic E-state index is -0.366. The van der Waals surface area contributed by atoms with E-state index in [1.807, 2.05) is 47.9 Å². The predicted molar refractivity (Wildman–Crippen MR) is 130 cm³/mol. The third-order valence-electron chi connectivity index (χ3n) is 4.86. The maximum absolute atomic E-state index is 12.6. The number of unbranched alkanes of at least 4 members (excludes halogenated alkanes) is 1. The monoisotopic (exact) mass is 476 g/mol. The molecule has 2 aromatic heterocycles. The number of aromatic nitrogens is 3. The van der Waals surface area contributed by atoms with Crippen molar-refractivity contribution in [2.24, 2.45) is 0 Å². The van der Waals surface area contributed by atoms with Crippen LogP contribution >= 0.6 is 11.8 Å². The molecule has 9 heteroatoms. The number of hydrogen-bond donors (Lipinski definition) is 1. The van der Waals surface area contributed by atoms with Crippen molar-refractivity contribution in [3.05, 3.63) is 78.6 Å². The molecule has 4 aromatic rings. The lowest BCUT2D eigenvalue weighted by Crippen LogP contribution is -2.15. The summed E-state index contributed by atoms with van der Waals surface area (Å²) < 4.78 is 12.6. The number of anilines is 1. The highest BCUT2D eigenvalue weighted by Gasteiger charge is 2.19. The van der Waals surface area contributed by atoms with Crippen LogP contribution in [0.5, 0.6) is 0 Å². The fourth-order valence-corrected chi connectivity index (χ4v) is 3.90. The quantitative estimate of drug-likeness (QED) is 0.190. The van der Waals surface area contributed by atoms with Crippen LogP contribution in [0.2, 0.25) is 0 Å². The van der Waals surface area contributed by atoms with Crippen LogP contribution in [0.3, 0.4) is 0 Å². The number of amides is 1. The minimum Gasteiger partial charge on any atom is -0.462 e. The van der Waals surface area contributed by atoms with Crippen LogP contribution < -0.4 is 5.32 Å². The smallest absolute Gasteiger partial charge is 0.338 e. The van der Waals surface area contributed by atoms with Crippen molar-refractivity contribution >= 4 is 29.3 Å². The topological polar surface area (TPSA) is 99.2 Å². The maximum atomic E-state index is 12.6. The fraction of sp³-hybridized carbons (Fsp3) is 0.200. The zero-order chi connectivity index (χ0) is 23.8. The second kappa shape index (κ2) is 11.3. The zero-order valence-electron chi connectivity index (χ0n) is 18.6. The Bertz CT molecular complexity index is 1220. The number of carbonyl (C=O) groups excluding carboxylic acids is 2. The van der Waals surface area contributed by atoms with Crippen molar-refractivity contribution in [3.8, 4) is 17.3 Å². The number of esters is 1. The first-order chi connectivity index (χ1) is 16.7. The van der Waals surface area contributed by atoms with Gasteiger partial charge in [0.25, 0.3) is 0 Å². The average molecular weight is 477 g/mol. The summed E-state index contributed by atoms with van der Waals surface area (Å²) in [6.07, 6.45) is 3.37. The summed E-state index contributed by atoms with van der Waals surface area (Å²) in [6.45, 7) is 2.44. The minimum absolute atomic E-state index is 0.129. The third-order valence-corrected chi connectivity index (χ3v) is 5.79. The molecule has 0 saturated heterocycles. The van der Waals surface area contributed by atoms with Gasteiger partial charge in [-0.25, -0.2) is 4.79 Å². The number of nitrogens with zero attached hydrogens (tertiary/aromatic N) is 3. The molecule has 0 radical (unpaired) electrons. The van der Waals surface area contributed by atoms with Crippen molar-refractivity contribution in [1.82, 2.24) is 14.8 Å². The number of hydrogen-bond acceptors (Lipinski definition) is 7. The summed E-state index contributed by atoms with van der Waals surface area (Å²) in [6, 6.07) is 19.9. The number of rotatable bonds is 10. The molecular formula is C25H24N4O4S. The van der Waals surface area contributed by atoms with Crippen molar-refractivity contribution in [1.29, 1.82) is 0 Å². The van der Waals surface area contributed by atoms with Gasteiger partial charge in [-0.1, -0.05) is 43.3 Å². The maximum Gasteiger partial charge on any atom is 0.338 e. The molecule has 0 saturated carbocycles. The van der Waals surface area contributed by atoms with E-state index in [4.69, 9.17) is 9.15 Å². The number of benzene rings is 2. The van der Waals surface area contributed by atoms with Gasteiger partial charge in [0.05, 0.1) is 24.2 Å². The lowest BCUT2D eigenvalue weighted by Gasteiger charge is -2.09. The Morgan fingerprint density at radius 1 is 1.03 bits per heavy atom. The Labute approximate surface area is 201 Å². The molecule has 8 nitrogen and oxygen atoms in total. The van der Waals surface area contributed by atoms with E-state index in [1.54, 1.807) is 36.6 Å². The van der Waals surface area contributed by atoms with Gasteiger partial charge in [-0.3, -0.25) is 9.36 Å². The van der Waals surface area contributed by atoms with Crippen LogP contribution in [0, 0.1) is 0 Å². The van der Waals surface area contributed by atoms with Crippen LogP contribution in [0.15, 0.2) is 82.6 Å². The van der Waals surface area contributed by atoms with Gasteiger partial charge in [0.1, 0.15) is 0 Å². The molecule has 1 N–H and O–H groups in total. The standard InChI is InChI=1S/C25H24N4O4S/c1-2-3-15-33-24(31)18-11-13-19(14-12-18)26-22(30)17-34-25-28-27-23(21-10-7-16-32-21)29(25)20-8-5-4-6-9-20/h4-14,16H,2-3,15,17H2,1H3,(H,26,30). The molecule has 34 heavy (non-hydrogen) atoms. The average Bonchev–Trinajstić information content (AvgIpc) is 3.54. The number of furan rings is 1. The highest BCUT2D eigenvalue weighted by molar-refractivity contribution is 7.99. The Balaban J connectivity index is 1.40. The Morgan fingerprint density at radius 3 is 2.53 bits per heavy atom. The molecule has 2 heterocycles. The Hall–Kier alpha value is -3.85. The van der Waals surface area contributed by atoms with E-state index >= 15 is 0 Å². The van der Waals surface area contributed by atoms with Crippen molar-refractivity contribution in [2.45, 2.75) is 24.9 Å². The SMILES string of the molecule is CCCCOC(=O)c1ccc(NC(=O)CSc2nnc(-c3ccco3)n2-c2ccccc2)cc1. The van der Waals surface area contributed by atoms with Crippen LogP contribution in [-0.4, -0.2) is 39.0 Å². The molecular weight excluding hydrogens is 452 g/mol. The van der Waals surface area contributed by atoms with Crippen molar-refractivity contribution in [2.75, 3.05) is 17.7 Å². The first-order valence-corrected chi connectivity index (χ1v) is 11.9. The van der Waals surface area contributed by atoms with E-state index in [0.29, 0.717) is 34.6 Å². The largest absolute Gasteiger partial charge is 0.462 e. The molecule has 0 spiro atoms. The highest BCUT2D eigenvalue weighted by atomic mass is 32.2. The van der Waals surface area contributed by atoms with Crippen LogP contribution in [-0.2, 0) is 9.53 Å². The summed E-state index contributed by atoms with van der Waals surface area (Å²) in [5.41, 5.74) is 1.91. The third kappa shape index (κ3) is 5.74. The second-order valence-electron chi connectivity index (χ2n) is 7.36. The highest BCUT2D eigenvalue weighted by Crippen LogP contribution is 2.28. The predicted octanol–water partition coefficient (Wildman–Crippen LogP) is 5.22. The summed E-state index contributed by atoms with van der Waals surface area (Å²) in [4.78, 5) is 24.6. The molecule has 0 aliphatic rings. The van der Waals surface area contributed by atoms with E-state index in [1.165, 1.54) is 11.8 Å². The summed E-state index contributed by atoms with van der Waals surface area (Å²) in [5.74, 6) is 0.700. The van der Waals surface area contributed by atoms with E-state index in [-0.39, 0.29) is 17.6 Å². The van der Waals surface area contributed by atoms with Gasteiger partial charge in [0.2, 0.25) is 11.7 Å². The van der Waals surface area contributed by atoms with E-state index in [9.17, 15) is 9.59 Å². The first kappa shape index (κ1) is 23.3. The molecule has 4 rings (SSSR count). The van der Waals surface area contributed by atoms with Gasteiger partial charge in [-0.05, 0) is 55.0 Å². The summed E-state index contributed by atoms with van der Waals surface area (Å²) in [5, 5.41) is 12.0.